The molecule has 0 aliphatic heterocycles. The molecule has 126 valence electrons. The summed E-state index contributed by atoms with van der Waals surface area (Å²) in [5.74, 6) is -1.42. The molecule has 2 aromatic rings. The second-order valence-electron chi connectivity index (χ2n) is 5.74. The molecule has 1 aromatic heterocycles. The monoisotopic (exact) mass is 327 g/mol. The number of hydrogen-bond acceptors (Lipinski definition) is 6. The Labute approximate surface area is 140 Å². The molecule has 0 saturated heterocycles. The quantitative estimate of drug-likeness (QED) is 0.578. The van der Waals surface area contributed by atoms with E-state index in [9.17, 15) is 14.7 Å². The van der Waals surface area contributed by atoms with Gasteiger partial charge in [-0.15, -0.1) is 0 Å². The lowest BCUT2D eigenvalue weighted by atomic mass is 10.1. The van der Waals surface area contributed by atoms with Gasteiger partial charge in [-0.05, 0) is 12.3 Å². The standard InChI is InChI=1S/C17H20N4O3/c1-11(2)8-13-17(21-20-15(22)9-16(23)24)18-10-14(19-13)12-6-4-3-5-7-12/h3-7,10-11H,8-9H2,1-2H3,(H,18,21)(H,20,22)(H,23,24)/p-1. The molecule has 7 nitrogen and oxygen atoms in total. The summed E-state index contributed by atoms with van der Waals surface area (Å²) in [7, 11) is 0. The summed E-state index contributed by atoms with van der Waals surface area (Å²) in [4.78, 5) is 30.7. The minimum absolute atomic E-state index is 0.338. The third-order valence-corrected chi connectivity index (χ3v) is 3.14. The van der Waals surface area contributed by atoms with Crippen molar-refractivity contribution in [2.75, 3.05) is 5.43 Å². The minimum atomic E-state index is -1.44. The van der Waals surface area contributed by atoms with Crippen molar-refractivity contribution in [3.63, 3.8) is 0 Å². The number of rotatable bonds is 7. The largest absolute Gasteiger partial charge is 0.550 e. The fourth-order valence-corrected chi connectivity index (χ4v) is 2.11. The average Bonchev–Trinajstić information content (AvgIpc) is 2.53. The number of amides is 1. The highest BCUT2D eigenvalue weighted by Gasteiger charge is 2.12. The van der Waals surface area contributed by atoms with Crippen LogP contribution in [-0.2, 0) is 16.0 Å². The molecule has 2 rings (SSSR count). The van der Waals surface area contributed by atoms with Gasteiger partial charge in [0.15, 0.2) is 5.82 Å². The van der Waals surface area contributed by atoms with Gasteiger partial charge in [-0.2, -0.15) is 0 Å². The number of hydrazine groups is 1. The van der Waals surface area contributed by atoms with E-state index < -0.39 is 18.3 Å². The summed E-state index contributed by atoms with van der Waals surface area (Å²) in [6.45, 7) is 4.10. The van der Waals surface area contributed by atoms with E-state index in [4.69, 9.17) is 0 Å². The number of carbonyl (C=O) groups excluding carboxylic acids is 2. The van der Waals surface area contributed by atoms with Crippen LogP contribution in [0, 0.1) is 5.92 Å². The maximum absolute atomic E-state index is 11.4. The number of nitrogens with zero attached hydrogens (tertiary/aromatic N) is 2. The van der Waals surface area contributed by atoms with Gasteiger partial charge in [-0.1, -0.05) is 44.2 Å². The van der Waals surface area contributed by atoms with Gasteiger partial charge in [0.25, 0.3) is 0 Å². The molecule has 1 aromatic carbocycles. The first-order chi connectivity index (χ1) is 11.5. The zero-order chi connectivity index (χ0) is 17.5. The van der Waals surface area contributed by atoms with Crippen molar-refractivity contribution in [2.45, 2.75) is 26.7 Å². The van der Waals surface area contributed by atoms with Crippen molar-refractivity contribution >= 4 is 17.7 Å². The molecule has 2 N–H and O–H groups in total. The van der Waals surface area contributed by atoms with Crippen LogP contribution in [0.25, 0.3) is 11.3 Å². The highest BCUT2D eigenvalue weighted by molar-refractivity contribution is 5.92. The Morgan fingerprint density at radius 3 is 2.54 bits per heavy atom. The van der Waals surface area contributed by atoms with E-state index in [1.165, 1.54) is 0 Å². The van der Waals surface area contributed by atoms with Crippen LogP contribution in [0.3, 0.4) is 0 Å². The molecule has 0 aliphatic rings. The lowest BCUT2D eigenvalue weighted by Crippen LogP contribution is -2.36. The summed E-state index contributed by atoms with van der Waals surface area (Å²) < 4.78 is 0. The van der Waals surface area contributed by atoms with Crippen LogP contribution < -0.4 is 16.0 Å². The molecule has 0 saturated carbocycles. The highest BCUT2D eigenvalue weighted by atomic mass is 16.4. The average molecular weight is 327 g/mol. The summed E-state index contributed by atoms with van der Waals surface area (Å²) in [6, 6.07) is 9.65. The van der Waals surface area contributed by atoms with Gasteiger partial charge < -0.3 is 9.90 Å². The van der Waals surface area contributed by atoms with E-state index in [1.807, 2.05) is 30.3 Å². The summed E-state index contributed by atoms with van der Waals surface area (Å²) in [6.07, 6.45) is 1.54. The van der Waals surface area contributed by atoms with E-state index in [0.29, 0.717) is 23.9 Å². The van der Waals surface area contributed by atoms with Crippen molar-refractivity contribution in [3.05, 3.63) is 42.2 Å². The number of carboxylic acids is 1. The molecule has 0 atom stereocenters. The fourth-order valence-electron chi connectivity index (χ4n) is 2.11. The lowest BCUT2D eigenvalue weighted by molar-refractivity contribution is -0.304. The second kappa shape index (κ2) is 8.05. The predicted octanol–water partition coefficient (Wildman–Crippen LogP) is 0.925. The van der Waals surface area contributed by atoms with Crippen LogP contribution in [0.15, 0.2) is 36.5 Å². The molecule has 1 heterocycles. The Balaban J connectivity index is 2.21. The molecule has 0 unspecified atom stereocenters. The molecule has 0 spiro atoms. The Kier molecular flexibility index (Phi) is 5.83. The van der Waals surface area contributed by atoms with E-state index in [1.54, 1.807) is 6.20 Å². The molecule has 24 heavy (non-hydrogen) atoms. The van der Waals surface area contributed by atoms with Crippen LogP contribution in [0.2, 0.25) is 0 Å². The van der Waals surface area contributed by atoms with Gasteiger partial charge >= 0.3 is 0 Å². The first-order valence-electron chi connectivity index (χ1n) is 7.61. The first-order valence-corrected chi connectivity index (χ1v) is 7.61. The van der Waals surface area contributed by atoms with Crippen LogP contribution in [0.5, 0.6) is 0 Å². The Morgan fingerprint density at radius 2 is 1.92 bits per heavy atom. The summed E-state index contributed by atoms with van der Waals surface area (Å²) in [5, 5.41) is 10.4. The maximum atomic E-state index is 11.4. The summed E-state index contributed by atoms with van der Waals surface area (Å²) >= 11 is 0. The second-order valence-corrected chi connectivity index (χ2v) is 5.74. The molecule has 1 amide bonds. The first kappa shape index (κ1) is 17.4. The Hall–Kier alpha value is -2.96. The molecule has 0 bridgehead atoms. The topological polar surface area (TPSA) is 107 Å². The van der Waals surface area contributed by atoms with Gasteiger partial charge in [0.05, 0.1) is 30.0 Å². The SMILES string of the molecule is CC(C)Cc1nc(-c2ccccc2)cnc1NNC(=O)CC(=O)[O-]. The van der Waals surface area contributed by atoms with Gasteiger partial charge in [0.2, 0.25) is 5.91 Å². The lowest BCUT2D eigenvalue weighted by Gasteiger charge is -2.14. The normalized spacial score (nSPS) is 10.5. The van der Waals surface area contributed by atoms with Crippen molar-refractivity contribution in [2.24, 2.45) is 5.92 Å². The van der Waals surface area contributed by atoms with Gasteiger partial charge in [0.1, 0.15) is 0 Å². The number of nitrogens with one attached hydrogen (secondary N) is 2. The van der Waals surface area contributed by atoms with Crippen LogP contribution in [0.4, 0.5) is 5.82 Å². The van der Waals surface area contributed by atoms with Crippen molar-refractivity contribution in [1.82, 2.24) is 15.4 Å². The van der Waals surface area contributed by atoms with Gasteiger partial charge in [0, 0.05) is 5.56 Å². The number of carbonyl (C=O) groups is 2. The highest BCUT2D eigenvalue weighted by Crippen LogP contribution is 2.21. The Bertz CT molecular complexity index is 717. The van der Waals surface area contributed by atoms with E-state index in [0.717, 1.165) is 11.3 Å². The molecule has 7 heteroatoms. The zero-order valence-corrected chi connectivity index (χ0v) is 13.6. The number of aliphatic carboxylic acids is 1. The van der Waals surface area contributed by atoms with Crippen LogP contribution >= 0.6 is 0 Å². The van der Waals surface area contributed by atoms with E-state index in [-0.39, 0.29) is 0 Å². The van der Waals surface area contributed by atoms with Crippen molar-refractivity contribution < 1.29 is 14.7 Å². The number of hydrogen-bond donors (Lipinski definition) is 2. The zero-order valence-electron chi connectivity index (χ0n) is 13.6. The van der Waals surface area contributed by atoms with Crippen molar-refractivity contribution in [1.29, 1.82) is 0 Å². The minimum Gasteiger partial charge on any atom is -0.550 e. The molecule has 0 fully saturated rings. The van der Waals surface area contributed by atoms with Gasteiger partial charge in [-0.25, -0.2) is 9.97 Å². The van der Waals surface area contributed by atoms with Gasteiger partial charge in [-0.3, -0.25) is 15.6 Å². The van der Waals surface area contributed by atoms with E-state index >= 15 is 0 Å². The molecular formula is C17H19N4O3-. The van der Waals surface area contributed by atoms with Crippen LogP contribution in [-0.4, -0.2) is 21.8 Å². The maximum Gasteiger partial charge on any atom is 0.244 e. The molecular weight excluding hydrogens is 308 g/mol. The molecule has 0 aliphatic carbocycles. The van der Waals surface area contributed by atoms with Crippen molar-refractivity contribution in [3.8, 4) is 11.3 Å². The van der Waals surface area contributed by atoms with Crippen LogP contribution in [0.1, 0.15) is 26.0 Å². The summed E-state index contributed by atoms with van der Waals surface area (Å²) in [5.41, 5.74) is 7.30. The number of aromatic nitrogens is 2. The Morgan fingerprint density at radius 1 is 1.21 bits per heavy atom. The fraction of sp³-hybridized carbons (Fsp3) is 0.294. The number of carboxylic acid groups (broad SMARTS) is 1. The van der Waals surface area contributed by atoms with E-state index in [2.05, 4.69) is 34.7 Å². The number of anilines is 1. The third kappa shape index (κ3) is 5.05. The molecule has 0 radical (unpaired) electrons. The smallest absolute Gasteiger partial charge is 0.244 e. The predicted molar refractivity (Wildman–Crippen MR) is 87.4 cm³/mol. The third-order valence-electron chi connectivity index (χ3n) is 3.14. The number of benzene rings is 1.